The molecule has 4 rings (SSSR count). The van der Waals surface area contributed by atoms with E-state index in [0.29, 0.717) is 17.0 Å². The molecule has 0 atom stereocenters. The molecule has 1 aliphatic rings. The highest BCUT2D eigenvalue weighted by atomic mass is 14.9. The number of nitriles is 1. The lowest BCUT2D eigenvalue weighted by atomic mass is 9.78. The van der Waals surface area contributed by atoms with Crippen molar-refractivity contribution < 1.29 is 14.2 Å². The Morgan fingerprint density at radius 1 is 1.10 bits per heavy atom. The van der Waals surface area contributed by atoms with Gasteiger partial charge in [-0.15, -0.1) is 0 Å². The molecule has 0 bridgehead atoms. The molecule has 0 aliphatic heterocycles. The maximum Gasteiger partial charge on any atom is 0.213 e. The summed E-state index contributed by atoms with van der Waals surface area (Å²) in [5.41, 5.74) is 6.92. The van der Waals surface area contributed by atoms with Crippen LogP contribution >= 0.6 is 0 Å². The lowest BCUT2D eigenvalue weighted by molar-refractivity contribution is -0.666. The van der Waals surface area contributed by atoms with E-state index in [4.69, 9.17) is 9.60 Å². The molecular formula is C27H29N2+. The van der Waals surface area contributed by atoms with Crippen LogP contribution in [-0.2, 0) is 12.5 Å². The minimum absolute atomic E-state index is 0.0730. The smallest absolute Gasteiger partial charge is 0.199 e. The predicted molar refractivity (Wildman–Crippen MR) is 119 cm³/mol. The number of aryl methyl sites for hydroxylation is 2. The van der Waals surface area contributed by atoms with Gasteiger partial charge in [-0.25, -0.2) is 0 Å². The third-order valence-corrected chi connectivity index (χ3v) is 6.26. The average Bonchev–Trinajstić information content (AvgIpc) is 3.01. The standard InChI is InChI=1S/C27H29N2/c1-16(2)20-13-18(4)29(7)23(14-20)24-17(3)11-12-21-25-19(15-28)9-8-10-22(25)27(5,6)26(21)24/h8-14,16H,1-7H3/q+1/i1D3,2D3,16D. The molecular weight excluding hydrogens is 352 g/mol. The quantitative estimate of drug-likeness (QED) is 0.488. The van der Waals surface area contributed by atoms with Gasteiger partial charge in [-0.3, -0.25) is 0 Å². The number of pyridine rings is 1. The number of hydrogen-bond acceptors (Lipinski definition) is 1. The van der Waals surface area contributed by atoms with Gasteiger partial charge in [-0.05, 0) is 46.7 Å². The van der Waals surface area contributed by atoms with E-state index >= 15 is 0 Å². The molecule has 3 aromatic rings. The summed E-state index contributed by atoms with van der Waals surface area (Å²) in [7, 11) is 1.85. The van der Waals surface area contributed by atoms with Crippen molar-refractivity contribution in [2.45, 2.75) is 52.7 Å². The molecule has 0 N–H and O–H groups in total. The summed E-state index contributed by atoms with van der Waals surface area (Å²) in [6.45, 7) is 1.78. The van der Waals surface area contributed by atoms with Gasteiger partial charge in [0, 0.05) is 39.6 Å². The number of hydrogen-bond donors (Lipinski definition) is 0. The van der Waals surface area contributed by atoms with Crippen LogP contribution in [0.4, 0.5) is 0 Å². The summed E-state index contributed by atoms with van der Waals surface area (Å²) in [5.74, 6) is -2.80. The van der Waals surface area contributed by atoms with Gasteiger partial charge in [0.15, 0.2) is 5.69 Å². The van der Waals surface area contributed by atoms with Gasteiger partial charge in [0.05, 0.1) is 17.2 Å². The molecule has 0 radical (unpaired) electrons. The summed E-state index contributed by atoms with van der Waals surface area (Å²) in [6, 6.07) is 15.0. The highest BCUT2D eigenvalue weighted by Crippen LogP contribution is 2.53. The Balaban J connectivity index is 2.12. The number of benzene rings is 2. The lowest BCUT2D eigenvalue weighted by Gasteiger charge is -2.25. The van der Waals surface area contributed by atoms with Crippen molar-refractivity contribution in [2.24, 2.45) is 7.05 Å². The first kappa shape index (κ1) is 12.6. The second-order valence-corrected chi connectivity index (χ2v) is 8.35. The van der Waals surface area contributed by atoms with Crippen LogP contribution in [0.5, 0.6) is 0 Å². The summed E-state index contributed by atoms with van der Waals surface area (Å²) in [5, 5.41) is 9.82. The third-order valence-electron chi connectivity index (χ3n) is 6.26. The number of fused-ring (bicyclic) bond motifs is 3. The highest BCUT2D eigenvalue weighted by Gasteiger charge is 2.41. The first-order chi connectivity index (χ1) is 16.5. The van der Waals surface area contributed by atoms with Crippen LogP contribution in [0.3, 0.4) is 0 Å². The van der Waals surface area contributed by atoms with E-state index in [2.05, 4.69) is 19.9 Å². The normalized spacial score (nSPS) is 18.7. The van der Waals surface area contributed by atoms with Crippen molar-refractivity contribution in [1.82, 2.24) is 0 Å². The van der Waals surface area contributed by atoms with Gasteiger partial charge >= 0.3 is 0 Å². The van der Waals surface area contributed by atoms with E-state index in [1.54, 1.807) is 19.1 Å². The molecule has 1 aromatic heterocycles. The molecule has 2 nitrogen and oxygen atoms in total. The zero-order valence-electron chi connectivity index (χ0n) is 24.4. The maximum absolute atomic E-state index is 9.82. The summed E-state index contributed by atoms with van der Waals surface area (Å²) in [6.07, 6.45) is 0. The monoisotopic (exact) mass is 388 g/mol. The second-order valence-electron chi connectivity index (χ2n) is 8.35. The van der Waals surface area contributed by atoms with Crippen LogP contribution in [0, 0.1) is 25.2 Å². The van der Waals surface area contributed by atoms with Crippen LogP contribution in [0.2, 0.25) is 0 Å². The zero-order chi connectivity index (χ0) is 27.0. The second kappa shape index (κ2) is 6.56. The average molecular weight is 389 g/mol. The molecule has 146 valence electrons. The van der Waals surface area contributed by atoms with Gasteiger partial charge in [-0.1, -0.05) is 51.8 Å². The van der Waals surface area contributed by atoms with E-state index < -0.39 is 25.0 Å². The van der Waals surface area contributed by atoms with Crippen LogP contribution in [0.1, 0.15) is 76.6 Å². The Morgan fingerprint density at radius 3 is 2.55 bits per heavy atom. The Hall–Kier alpha value is -2.92. The van der Waals surface area contributed by atoms with Crippen molar-refractivity contribution in [3.05, 3.63) is 76.0 Å². The number of aromatic nitrogens is 1. The Labute approximate surface area is 184 Å². The van der Waals surface area contributed by atoms with Gasteiger partial charge in [0.25, 0.3) is 0 Å². The highest BCUT2D eigenvalue weighted by molar-refractivity contribution is 5.90. The Morgan fingerprint density at radius 2 is 1.86 bits per heavy atom. The summed E-state index contributed by atoms with van der Waals surface area (Å²) >= 11 is 0. The molecule has 2 heteroatoms. The minimum Gasteiger partial charge on any atom is -0.199 e. The molecule has 0 unspecified atom stereocenters. The minimum atomic E-state index is -3.08. The molecule has 1 aliphatic carbocycles. The van der Waals surface area contributed by atoms with Crippen LogP contribution < -0.4 is 4.57 Å². The molecule has 0 saturated carbocycles. The van der Waals surface area contributed by atoms with E-state index in [9.17, 15) is 5.26 Å². The van der Waals surface area contributed by atoms with Gasteiger partial charge in [0.2, 0.25) is 5.69 Å². The summed E-state index contributed by atoms with van der Waals surface area (Å²) in [4.78, 5) is 0. The van der Waals surface area contributed by atoms with Crippen molar-refractivity contribution in [3.8, 4) is 28.5 Å². The van der Waals surface area contributed by atoms with Gasteiger partial charge in [0.1, 0.15) is 7.05 Å². The first-order valence-electron chi connectivity index (χ1n) is 13.2. The SMILES string of the molecule is [2H]C([2H])([2H])C([2H])(c1cc(C)[n+](C)c(-c2c(C)ccc3c2C(C)(C)c2cccc(C#N)c2-3)c1)C([2H])([2H])[2H]. The fourth-order valence-corrected chi connectivity index (χ4v) is 4.67. The van der Waals surface area contributed by atoms with Crippen molar-refractivity contribution in [1.29, 1.82) is 5.26 Å². The van der Waals surface area contributed by atoms with E-state index in [1.807, 2.05) is 42.8 Å². The third kappa shape index (κ3) is 2.72. The van der Waals surface area contributed by atoms with Crippen LogP contribution in [-0.4, -0.2) is 0 Å². The first-order valence-corrected chi connectivity index (χ1v) is 9.68. The van der Waals surface area contributed by atoms with E-state index in [-0.39, 0.29) is 5.56 Å². The Bertz CT molecular complexity index is 1430. The predicted octanol–water partition coefficient (Wildman–Crippen LogP) is 6.10. The summed E-state index contributed by atoms with van der Waals surface area (Å²) < 4.78 is 58.6. The zero-order valence-corrected chi connectivity index (χ0v) is 17.4. The van der Waals surface area contributed by atoms with E-state index in [0.717, 1.165) is 33.4 Å². The molecule has 0 saturated heterocycles. The van der Waals surface area contributed by atoms with Gasteiger partial charge < -0.3 is 0 Å². The molecule has 29 heavy (non-hydrogen) atoms. The fraction of sp³-hybridized carbons (Fsp3) is 0.333. The molecule has 1 heterocycles. The molecule has 2 aromatic carbocycles. The number of rotatable bonds is 2. The largest absolute Gasteiger partial charge is 0.213 e. The van der Waals surface area contributed by atoms with Crippen LogP contribution in [0.15, 0.2) is 42.5 Å². The molecule has 0 spiro atoms. The molecule has 0 fully saturated rings. The topological polar surface area (TPSA) is 27.7 Å². The van der Waals surface area contributed by atoms with Gasteiger partial charge in [-0.2, -0.15) is 9.83 Å². The van der Waals surface area contributed by atoms with Crippen molar-refractivity contribution >= 4 is 0 Å². The molecule has 0 amide bonds. The maximum atomic E-state index is 9.82. The van der Waals surface area contributed by atoms with E-state index in [1.165, 1.54) is 6.07 Å². The Kier molecular flexibility index (Phi) is 2.85. The lowest BCUT2D eigenvalue weighted by Crippen LogP contribution is -2.36. The van der Waals surface area contributed by atoms with Crippen molar-refractivity contribution in [2.75, 3.05) is 0 Å². The van der Waals surface area contributed by atoms with Crippen molar-refractivity contribution in [3.63, 3.8) is 0 Å². The van der Waals surface area contributed by atoms with Crippen LogP contribution in [0.25, 0.3) is 22.4 Å². The fourth-order valence-electron chi connectivity index (χ4n) is 4.67. The number of nitrogens with zero attached hydrogens (tertiary/aromatic N) is 2.